The smallest absolute Gasteiger partial charge is 0.172 e. The molecule has 0 saturated heterocycles. The van der Waals surface area contributed by atoms with Crippen LogP contribution in [0.2, 0.25) is 0 Å². The fourth-order valence-corrected chi connectivity index (χ4v) is 3.30. The number of hydrogen-bond donors (Lipinski definition) is 1. The van der Waals surface area contributed by atoms with Crippen molar-refractivity contribution in [2.45, 2.75) is 6.92 Å². The first kappa shape index (κ1) is 12.5. The highest BCUT2D eigenvalue weighted by atomic mass is 79.9. The zero-order chi connectivity index (χ0) is 11.9. The first-order valence-corrected chi connectivity index (χ1v) is 7.43. The molecule has 0 aliphatic rings. The highest BCUT2D eigenvalue weighted by Crippen LogP contribution is 2.37. The molecule has 0 aliphatic heterocycles. The van der Waals surface area contributed by atoms with E-state index in [0.29, 0.717) is 11.6 Å². The Hall–Kier alpha value is 0.0200. The summed E-state index contributed by atoms with van der Waals surface area (Å²) in [5.74, 6) is 1.11. The Morgan fingerprint density at radius 2 is 1.94 bits per heavy atom. The number of anilines is 1. The second-order valence-corrected chi connectivity index (χ2v) is 7.08. The third-order valence-electron chi connectivity index (χ3n) is 1.91. The Morgan fingerprint density at radius 1 is 1.25 bits per heavy atom. The lowest BCUT2D eigenvalue weighted by molar-refractivity contribution is 1.11. The molecule has 2 aromatic rings. The highest BCUT2D eigenvalue weighted by Gasteiger charge is 2.12. The van der Waals surface area contributed by atoms with Crippen LogP contribution in [0.4, 0.5) is 5.82 Å². The number of halogens is 3. The van der Waals surface area contributed by atoms with Crippen LogP contribution in [0.15, 0.2) is 18.8 Å². The molecule has 0 atom stereocenters. The lowest BCUT2D eigenvalue weighted by Crippen LogP contribution is -1.99. The van der Waals surface area contributed by atoms with Crippen LogP contribution in [0.1, 0.15) is 5.69 Å². The molecule has 3 nitrogen and oxygen atoms in total. The number of thiophene rings is 1. The number of nitrogens with two attached hydrogens (primary N) is 1. The molecule has 84 valence electrons. The van der Waals surface area contributed by atoms with Gasteiger partial charge in [0.2, 0.25) is 0 Å². The van der Waals surface area contributed by atoms with E-state index in [4.69, 9.17) is 5.73 Å². The maximum absolute atomic E-state index is 5.79. The van der Waals surface area contributed by atoms with Crippen molar-refractivity contribution >= 4 is 64.9 Å². The second kappa shape index (κ2) is 4.72. The van der Waals surface area contributed by atoms with Crippen LogP contribution >= 0.6 is 59.1 Å². The van der Waals surface area contributed by atoms with Gasteiger partial charge in [0, 0.05) is 4.47 Å². The Kier molecular flexibility index (Phi) is 3.68. The monoisotopic (exact) mass is 425 g/mol. The van der Waals surface area contributed by atoms with Crippen LogP contribution in [-0.4, -0.2) is 9.97 Å². The number of aromatic nitrogens is 2. The maximum Gasteiger partial charge on any atom is 0.172 e. The molecule has 0 aliphatic carbocycles. The molecule has 2 heterocycles. The Morgan fingerprint density at radius 3 is 2.44 bits per heavy atom. The predicted octanol–water partition coefficient (Wildman–Crippen LogP) is 4.38. The van der Waals surface area contributed by atoms with E-state index < -0.39 is 0 Å². The van der Waals surface area contributed by atoms with Crippen LogP contribution in [0.5, 0.6) is 0 Å². The summed E-state index contributed by atoms with van der Waals surface area (Å²) in [6.45, 7) is 1.89. The first-order valence-electron chi connectivity index (χ1n) is 4.24. The molecule has 2 N–H and O–H groups in total. The average molecular weight is 428 g/mol. The normalized spacial score (nSPS) is 10.8. The lowest BCUT2D eigenvalue weighted by Gasteiger charge is -2.03. The summed E-state index contributed by atoms with van der Waals surface area (Å²) in [5, 5.41) is 0. The summed E-state index contributed by atoms with van der Waals surface area (Å²) in [5.41, 5.74) is 6.62. The molecule has 0 saturated carbocycles. The van der Waals surface area contributed by atoms with E-state index in [1.54, 1.807) is 11.3 Å². The van der Waals surface area contributed by atoms with Gasteiger partial charge in [0.1, 0.15) is 5.82 Å². The largest absolute Gasteiger partial charge is 0.383 e. The molecule has 0 amide bonds. The van der Waals surface area contributed by atoms with Gasteiger partial charge in [-0.1, -0.05) is 0 Å². The highest BCUT2D eigenvalue weighted by molar-refractivity contribution is 9.13. The van der Waals surface area contributed by atoms with Gasteiger partial charge in [-0.25, -0.2) is 9.97 Å². The number of rotatable bonds is 1. The standard InChI is InChI=1S/C9H6Br3N3S/c1-3-6(11)8(13)15-9(14-3)5-2-4(10)7(12)16-5/h2H,1H3,(H2,13,14,15). The summed E-state index contributed by atoms with van der Waals surface area (Å²) in [6.07, 6.45) is 0. The van der Waals surface area contributed by atoms with Crippen LogP contribution in [0.3, 0.4) is 0 Å². The third-order valence-corrected chi connectivity index (χ3v) is 6.14. The van der Waals surface area contributed by atoms with Gasteiger partial charge in [0.15, 0.2) is 5.82 Å². The van der Waals surface area contributed by atoms with Gasteiger partial charge >= 0.3 is 0 Å². The van der Waals surface area contributed by atoms with Crippen molar-refractivity contribution in [1.29, 1.82) is 0 Å². The first-order chi connectivity index (χ1) is 7.49. The van der Waals surface area contributed by atoms with E-state index in [-0.39, 0.29) is 0 Å². The van der Waals surface area contributed by atoms with Crippen LogP contribution in [0.25, 0.3) is 10.7 Å². The molecule has 0 radical (unpaired) electrons. The molecular formula is C9H6Br3N3S. The van der Waals surface area contributed by atoms with E-state index in [1.165, 1.54) is 0 Å². The molecule has 0 fully saturated rings. The van der Waals surface area contributed by atoms with Crippen molar-refractivity contribution in [3.05, 3.63) is 24.5 Å². The summed E-state index contributed by atoms with van der Waals surface area (Å²) in [6, 6.07) is 1.97. The SMILES string of the molecule is Cc1nc(-c2cc(Br)c(Br)s2)nc(N)c1Br. The second-order valence-electron chi connectivity index (χ2n) is 3.06. The summed E-state index contributed by atoms with van der Waals surface area (Å²) in [7, 11) is 0. The van der Waals surface area contributed by atoms with E-state index in [1.807, 2.05) is 13.0 Å². The Balaban J connectivity index is 2.56. The number of nitrogen functional groups attached to an aromatic ring is 1. The van der Waals surface area contributed by atoms with E-state index >= 15 is 0 Å². The average Bonchev–Trinajstić information content (AvgIpc) is 2.55. The zero-order valence-corrected chi connectivity index (χ0v) is 13.7. The van der Waals surface area contributed by atoms with Crippen molar-refractivity contribution in [2.75, 3.05) is 5.73 Å². The van der Waals surface area contributed by atoms with Crippen molar-refractivity contribution in [2.24, 2.45) is 0 Å². The fourth-order valence-electron chi connectivity index (χ4n) is 1.15. The van der Waals surface area contributed by atoms with Crippen LogP contribution < -0.4 is 5.73 Å². The van der Waals surface area contributed by atoms with Crippen molar-refractivity contribution in [3.8, 4) is 10.7 Å². The molecule has 2 rings (SSSR count). The third kappa shape index (κ3) is 2.32. The molecule has 2 aromatic heterocycles. The summed E-state index contributed by atoms with van der Waals surface area (Å²) >= 11 is 11.8. The maximum atomic E-state index is 5.79. The molecule has 0 spiro atoms. The summed E-state index contributed by atoms with van der Waals surface area (Å²) < 4.78 is 2.77. The van der Waals surface area contributed by atoms with Crippen molar-refractivity contribution < 1.29 is 0 Å². The van der Waals surface area contributed by atoms with Gasteiger partial charge in [-0.2, -0.15) is 0 Å². The molecule has 0 unspecified atom stereocenters. The molecule has 0 aromatic carbocycles. The van der Waals surface area contributed by atoms with Crippen molar-refractivity contribution in [1.82, 2.24) is 9.97 Å². The minimum absolute atomic E-state index is 0.461. The van der Waals surface area contributed by atoms with Gasteiger partial charge in [0.25, 0.3) is 0 Å². The van der Waals surface area contributed by atoms with Gasteiger partial charge in [-0.3, -0.25) is 0 Å². The lowest BCUT2D eigenvalue weighted by atomic mass is 10.4. The van der Waals surface area contributed by atoms with Gasteiger partial charge in [0.05, 0.1) is 18.8 Å². The van der Waals surface area contributed by atoms with E-state index in [9.17, 15) is 0 Å². The van der Waals surface area contributed by atoms with Crippen LogP contribution in [-0.2, 0) is 0 Å². The minimum Gasteiger partial charge on any atom is -0.383 e. The molecule has 7 heteroatoms. The molecule has 0 bridgehead atoms. The topological polar surface area (TPSA) is 51.8 Å². The summed E-state index contributed by atoms with van der Waals surface area (Å²) in [4.78, 5) is 9.61. The van der Waals surface area contributed by atoms with Gasteiger partial charge in [-0.05, 0) is 60.8 Å². The number of aryl methyl sites for hydroxylation is 1. The molecule has 16 heavy (non-hydrogen) atoms. The Bertz CT molecular complexity index is 510. The number of hydrogen-bond acceptors (Lipinski definition) is 4. The van der Waals surface area contributed by atoms with E-state index in [0.717, 1.165) is 23.3 Å². The Labute approximate surface area is 122 Å². The van der Waals surface area contributed by atoms with Crippen molar-refractivity contribution in [3.63, 3.8) is 0 Å². The van der Waals surface area contributed by atoms with E-state index in [2.05, 4.69) is 57.8 Å². The minimum atomic E-state index is 0.461. The molecular weight excluding hydrogens is 422 g/mol. The zero-order valence-electron chi connectivity index (χ0n) is 8.09. The van der Waals surface area contributed by atoms with Gasteiger partial charge < -0.3 is 5.73 Å². The predicted molar refractivity (Wildman–Crippen MR) is 77.6 cm³/mol. The number of nitrogens with zero attached hydrogens (tertiary/aromatic N) is 2. The van der Waals surface area contributed by atoms with Gasteiger partial charge in [-0.15, -0.1) is 11.3 Å². The fraction of sp³-hybridized carbons (Fsp3) is 0.111. The van der Waals surface area contributed by atoms with Crippen LogP contribution in [0, 0.1) is 6.92 Å². The quantitative estimate of drug-likeness (QED) is 0.734.